The highest BCUT2D eigenvalue weighted by Crippen LogP contribution is 2.43. The van der Waals surface area contributed by atoms with Crippen LogP contribution in [0.2, 0.25) is 0 Å². The van der Waals surface area contributed by atoms with Crippen LogP contribution in [0, 0.1) is 6.07 Å². The van der Waals surface area contributed by atoms with E-state index in [1.165, 1.54) is 0 Å². The predicted molar refractivity (Wildman–Crippen MR) is 87.0 cm³/mol. The predicted octanol–water partition coefficient (Wildman–Crippen LogP) is 4.30. The maximum absolute atomic E-state index is 6.07. The fourth-order valence-electron chi connectivity index (χ4n) is 2.47. The van der Waals surface area contributed by atoms with Crippen LogP contribution < -0.4 is 18.9 Å². The molecule has 4 rings (SSSR count). The Hall–Kier alpha value is -1.40. The van der Waals surface area contributed by atoms with Crippen LogP contribution in [-0.2, 0) is 0 Å². The minimum atomic E-state index is -0.216. The molecule has 2 aromatic carbocycles. The number of hydrogen-bond acceptors (Lipinski definition) is 4. The van der Waals surface area contributed by atoms with Crippen LogP contribution in [0.15, 0.2) is 33.2 Å². The third-order valence-electron chi connectivity index (χ3n) is 3.51. The highest BCUT2D eigenvalue weighted by atomic mass is 79.9. The van der Waals surface area contributed by atoms with E-state index < -0.39 is 0 Å². The molecule has 2 aromatic rings. The first kappa shape index (κ1) is 14.2. The lowest BCUT2D eigenvalue weighted by Crippen LogP contribution is -2.23. The van der Waals surface area contributed by atoms with Crippen LogP contribution >= 0.6 is 31.9 Å². The molecule has 113 valence electrons. The first-order valence-corrected chi connectivity index (χ1v) is 8.39. The number of benzene rings is 2. The van der Waals surface area contributed by atoms with Gasteiger partial charge in [0.25, 0.3) is 0 Å². The monoisotopic (exact) mass is 425 g/mol. The Morgan fingerprint density at radius 2 is 1.68 bits per heavy atom. The normalized spacial score (nSPS) is 18.9. The van der Waals surface area contributed by atoms with Gasteiger partial charge in [0, 0.05) is 20.6 Å². The maximum Gasteiger partial charge on any atom is 0.163 e. The van der Waals surface area contributed by atoms with Crippen molar-refractivity contribution < 1.29 is 18.9 Å². The molecule has 1 atom stereocenters. The van der Waals surface area contributed by atoms with Crippen molar-refractivity contribution in [3.63, 3.8) is 0 Å². The van der Waals surface area contributed by atoms with Crippen molar-refractivity contribution in [2.24, 2.45) is 0 Å². The highest BCUT2D eigenvalue weighted by molar-refractivity contribution is 9.10. The van der Waals surface area contributed by atoms with Gasteiger partial charge in [-0.2, -0.15) is 0 Å². The zero-order chi connectivity index (χ0) is 15.1. The quantitative estimate of drug-likeness (QED) is 0.681. The average Bonchev–Trinajstić information content (AvgIpc) is 2.53. The Morgan fingerprint density at radius 1 is 0.909 bits per heavy atom. The summed E-state index contributed by atoms with van der Waals surface area (Å²) >= 11 is 6.97. The fraction of sp³-hybridized carbons (Fsp3) is 0.250. The molecule has 0 N–H and O–H groups in total. The van der Waals surface area contributed by atoms with Crippen molar-refractivity contribution in [3.8, 4) is 23.0 Å². The van der Waals surface area contributed by atoms with Crippen molar-refractivity contribution in [2.75, 3.05) is 19.8 Å². The second-order valence-electron chi connectivity index (χ2n) is 4.94. The molecule has 4 nitrogen and oxygen atoms in total. The third-order valence-corrected chi connectivity index (χ3v) is 4.65. The van der Waals surface area contributed by atoms with Crippen LogP contribution in [0.4, 0.5) is 0 Å². The second kappa shape index (κ2) is 5.66. The molecule has 22 heavy (non-hydrogen) atoms. The van der Waals surface area contributed by atoms with Gasteiger partial charge in [-0.25, -0.2) is 0 Å². The molecule has 0 saturated carbocycles. The van der Waals surface area contributed by atoms with Crippen LogP contribution in [0.1, 0.15) is 11.7 Å². The topological polar surface area (TPSA) is 36.9 Å². The first-order chi connectivity index (χ1) is 10.7. The van der Waals surface area contributed by atoms with Gasteiger partial charge < -0.3 is 18.9 Å². The minimum absolute atomic E-state index is 0.216. The van der Waals surface area contributed by atoms with E-state index in [4.69, 9.17) is 18.9 Å². The van der Waals surface area contributed by atoms with E-state index in [1.807, 2.05) is 18.2 Å². The number of ether oxygens (including phenoxy) is 4. The van der Waals surface area contributed by atoms with Crippen molar-refractivity contribution in [1.82, 2.24) is 0 Å². The van der Waals surface area contributed by atoms with Gasteiger partial charge in [-0.1, -0.05) is 31.9 Å². The van der Waals surface area contributed by atoms with Crippen LogP contribution in [0.25, 0.3) is 0 Å². The lowest BCUT2D eigenvalue weighted by atomic mass is 10.1. The van der Waals surface area contributed by atoms with Gasteiger partial charge in [0.2, 0.25) is 0 Å². The van der Waals surface area contributed by atoms with Gasteiger partial charge in [0.15, 0.2) is 29.1 Å². The summed E-state index contributed by atoms with van der Waals surface area (Å²) in [6.45, 7) is 1.56. The van der Waals surface area contributed by atoms with Gasteiger partial charge >= 0.3 is 0 Å². The lowest BCUT2D eigenvalue weighted by molar-refractivity contribution is 0.0899. The third kappa shape index (κ3) is 2.54. The minimum Gasteiger partial charge on any atom is -0.486 e. The summed E-state index contributed by atoms with van der Waals surface area (Å²) in [6.07, 6.45) is -0.216. The zero-order valence-corrected chi connectivity index (χ0v) is 14.6. The van der Waals surface area contributed by atoms with E-state index in [9.17, 15) is 0 Å². The van der Waals surface area contributed by atoms with Crippen LogP contribution in [0.3, 0.4) is 0 Å². The first-order valence-electron chi connectivity index (χ1n) is 6.80. The molecule has 1 unspecified atom stereocenters. The molecular weight excluding hydrogens is 416 g/mol. The SMILES string of the molecule is Brc1[c]cc2c(c1)OC(c1cc3c(cc1Br)OCCO3)CO2. The molecule has 0 aromatic heterocycles. The largest absolute Gasteiger partial charge is 0.486 e. The summed E-state index contributed by atoms with van der Waals surface area (Å²) < 4.78 is 24.8. The molecule has 0 spiro atoms. The standard InChI is InChI=1S/C16H11Br2O4/c17-9-1-2-12-15(5-9)22-16(8-21-12)10-6-13-14(7-11(10)18)20-4-3-19-13/h2,5-7,16H,3-4,8H2. The molecule has 1 radical (unpaired) electrons. The Bertz CT molecular complexity index is 732. The van der Waals surface area contributed by atoms with E-state index in [2.05, 4.69) is 37.9 Å². The molecule has 0 aliphatic carbocycles. The molecule has 0 saturated heterocycles. The highest BCUT2D eigenvalue weighted by Gasteiger charge is 2.27. The zero-order valence-electron chi connectivity index (χ0n) is 11.4. The van der Waals surface area contributed by atoms with E-state index in [-0.39, 0.29) is 6.10 Å². The molecular formula is C16H11Br2O4. The molecule has 2 aliphatic rings. The number of rotatable bonds is 1. The summed E-state index contributed by atoms with van der Waals surface area (Å²) in [5.74, 6) is 2.88. The number of hydrogen-bond donors (Lipinski definition) is 0. The molecule has 0 fully saturated rings. The molecule has 6 heteroatoms. The summed E-state index contributed by atoms with van der Waals surface area (Å²) in [5, 5.41) is 0. The lowest BCUT2D eigenvalue weighted by Gasteiger charge is -2.28. The Morgan fingerprint density at radius 3 is 2.50 bits per heavy atom. The molecule has 0 amide bonds. The van der Waals surface area contributed by atoms with Crippen molar-refractivity contribution >= 4 is 31.9 Å². The summed E-state index contributed by atoms with van der Waals surface area (Å²) in [7, 11) is 0. The summed E-state index contributed by atoms with van der Waals surface area (Å²) in [4.78, 5) is 0. The molecule has 0 bridgehead atoms. The van der Waals surface area contributed by atoms with E-state index in [0.29, 0.717) is 31.3 Å². The Balaban J connectivity index is 1.68. The Labute approximate surface area is 144 Å². The van der Waals surface area contributed by atoms with Crippen LogP contribution in [-0.4, -0.2) is 19.8 Å². The van der Waals surface area contributed by atoms with Gasteiger partial charge in [-0.05, 0) is 24.3 Å². The van der Waals surface area contributed by atoms with Gasteiger partial charge in [-0.15, -0.1) is 0 Å². The van der Waals surface area contributed by atoms with Crippen LogP contribution in [0.5, 0.6) is 23.0 Å². The average molecular weight is 427 g/mol. The summed E-state index contributed by atoms with van der Waals surface area (Å²) in [5.41, 5.74) is 0.971. The van der Waals surface area contributed by atoms with Gasteiger partial charge in [0.1, 0.15) is 19.8 Å². The van der Waals surface area contributed by atoms with E-state index in [1.54, 1.807) is 6.07 Å². The van der Waals surface area contributed by atoms with Crippen molar-refractivity contribution in [2.45, 2.75) is 6.10 Å². The number of fused-ring (bicyclic) bond motifs is 2. The van der Waals surface area contributed by atoms with Crippen molar-refractivity contribution in [3.05, 3.63) is 44.8 Å². The van der Waals surface area contributed by atoms with Gasteiger partial charge in [0.05, 0.1) is 0 Å². The molecule has 2 heterocycles. The second-order valence-corrected chi connectivity index (χ2v) is 6.65. The van der Waals surface area contributed by atoms with E-state index in [0.717, 1.165) is 26.0 Å². The van der Waals surface area contributed by atoms with Gasteiger partial charge in [-0.3, -0.25) is 0 Å². The Kier molecular flexibility index (Phi) is 3.66. The number of halogens is 2. The fourth-order valence-corrected chi connectivity index (χ4v) is 3.37. The maximum atomic E-state index is 6.07. The summed E-state index contributed by atoms with van der Waals surface area (Å²) in [6, 6.07) is 10.5. The van der Waals surface area contributed by atoms with Crippen molar-refractivity contribution in [1.29, 1.82) is 0 Å². The molecule has 2 aliphatic heterocycles. The van der Waals surface area contributed by atoms with E-state index >= 15 is 0 Å². The smallest absolute Gasteiger partial charge is 0.163 e.